The fourth-order valence-electron chi connectivity index (χ4n) is 11.3. The van der Waals surface area contributed by atoms with Gasteiger partial charge in [-0.05, 0) is 73.8 Å². The zero-order chi connectivity index (χ0) is 35.2. The predicted octanol–water partition coefficient (Wildman–Crippen LogP) is 4.09. The molecule has 10 heterocycles. The Morgan fingerprint density at radius 2 is 1.49 bits per heavy atom. The van der Waals surface area contributed by atoms with Crippen molar-refractivity contribution in [1.29, 1.82) is 0 Å². The molecule has 1 spiro atoms. The van der Waals surface area contributed by atoms with Crippen molar-refractivity contribution in [3.05, 3.63) is 24.3 Å². The molecule has 284 valence electrons. The molecule has 51 heavy (non-hydrogen) atoms. The molecule has 0 aromatic carbocycles. The van der Waals surface area contributed by atoms with Crippen molar-refractivity contribution < 1.29 is 52.9 Å². The Bertz CT molecular complexity index is 1360. The van der Waals surface area contributed by atoms with E-state index in [9.17, 15) is 15.0 Å². The third kappa shape index (κ3) is 6.53. The number of ether oxygens (including phenoxy) is 8. The van der Waals surface area contributed by atoms with Crippen LogP contribution in [0.2, 0.25) is 0 Å². The number of Topliss-reactive ketones (excluding diaryl/α,β-unsaturated/α-hetero) is 1. The molecule has 0 saturated carbocycles. The molecule has 0 aromatic rings. The number of hydrogen-bond donors (Lipinski definition) is 2. The smallest absolute Gasteiger partial charge is 0.172 e. The van der Waals surface area contributed by atoms with Crippen LogP contribution in [0.25, 0.3) is 0 Å². The molecule has 19 atom stereocenters. The zero-order valence-corrected chi connectivity index (χ0v) is 30.3. The monoisotopic (exact) mass is 714 g/mol. The number of hydrogen-bond acceptors (Lipinski definition) is 11. The maximum absolute atomic E-state index is 14.0. The van der Waals surface area contributed by atoms with Crippen LogP contribution in [-0.2, 0) is 42.7 Å². The molecule has 2 N–H and O–H groups in total. The molecule has 10 saturated heterocycles. The van der Waals surface area contributed by atoms with Crippen LogP contribution in [0.4, 0.5) is 0 Å². The first-order valence-corrected chi connectivity index (χ1v) is 20.0. The highest BCUT2D eigenvalue weighted by atomic mass is 16.8. The highest BCUT2D eigenvalue weighted by molar-refractivity contribution is 5.79. The summed E-state index contributed by atoms with van der Waals surface area (Å²) in [7, 11) is 0. The van der Waals surface area contributed by atoms with Gasteiger partial charge in [-0.3, -0.25) is 4.79 Å². The van der Waals surface area contributed by atoms with Crippen LogP contribution in [0, 0.1) is 17.8 Å². The molecule has 12 bridgehead atoms. The molecule has 10 rings (SSSR count). The van der Waals surface area contributed by atoms with Gasteiger partial charge in [0, 0.05) is 38.5 Å². The molecule has 10 aliphatic heterocycles. The Morgan fingerprint density at radius 1 is 0.745 bits per heavy atom. The number of aliphatic hydroxyl groups excluding tert-OH is 2. The van der Waals surface area contributed by atoms with E-state index in [-0.39, 0.29) is 110 Å². The predicted molar refractivity (Wildman–Crippen MR) is 183 cm³/mol. The second kappa shape index (κ2) is 13.8. The van der Waals surface area contributed by atoms with Crippen molar-refractivity contribution in [3.8, 4) is 0 Å². The molecule has 0 aliphatic carbocycles. The molecule has 0 amide bonds. The van der Waals surface area contributed by atoms with Crippen LogP contribution in [0.15, 0.2) is 24.3 Å². The Hall–Kier alpha value is -1.25. The van der Waals surface area contributed by atoms with Crippen molar-refractivity contribution in [3.63, 3.8) is 0 Å². The van der Waals surface area contributed by atoms with Gasteiger partial charge in [0.15, 0.2) is 5.79 Å². The lowest BCUT2D eigenvalue weighted by molar-refractivity contribution is -0.292. The lowest BCUT2D eigenvalue weighted by Gasteiger charge is -2.47. The minimum absolute atomic E-state index is 0.00894. The molecule has 10 aliphatic rings. The molecule has 3 unspecified atom stereocenters. The Morgan fingerprint density at radius 3 is 2.33 bits per heavy atom. The first-order valence-electron chi connectivity index (χ1n) is 20.0. The number of fused-ring (bicyclic) bond motifs is 6. The van der Waals surface area contributed by atoms with E-state index in [0.29, 0.717) is 44.4 Å². The normalized spacial score (nSPS) is 53.2. The minimum atomic E-state index is -0.872. The van der Waals surface area contributed by atoms with Crippen molar-refractivity contribution in [1.82, 2.24) is 0 Å². The topological polar surface area (TPSA) is 131 Å². The maximum atomic E-state index is 14.0. The van der Waals surface area contributed by atoms with Crippen molar-refractivity contribution in [2.45, 2.75) is 195 Å². The molecular formula is C40H58O11. The molecular weight excluding hydrogens is 656 g/mol. The van der Waals surface area contributed by atoms with Crippen molar-refractivity contribution in [2.24, 2.45) is 17.8 Å². The molecule has 11 heteroatoms. The van der Waals surface area contributed by atoms with E-state index in [0.717, 1.165) is 56.1 Å². The lowest BCUT2D eigenvalue weighted by Crippen LogP contribution is -2.61. The fourth-order valence-corrected chi connectivity index (χ4v) is 11.3. The number of carbonyl (C=O) groups is 1. The zero-order valence-electron chi connectivity index (χ0n) is 30.3. The molecule has 0 aromatic heterocycles. The second-order valence-electron chi connectivity index (χ2n) is 17.5. The summed E-state index contributed by atoms with van der Waals surface area (Å²) in [5.74, 6) is -0.367. The van der Waals surface area contributed by atoms with Crippen LogP contribution < -0.4 is 0 Å². The number of aliphatic hydroxyl groups is 2. The van der Waals surface area contributed by atoms with Gasteiger partial charge in [-0.25, -0.2) is 0 Å². The van der Waals surface area contributed by atoms with Gasteiger partial charge in [0.25, 0.3) is 0 Å². The summed E-state index contributed by atoms with van der Waals surface area (Å²) < 4.78 is 53.9. The van der Waals surface area contributed by atoms with Gasteiger partial charge in [0.1, 0.15) is 36.3 Å². The fraction of sp³-hybridized carbons (Fsp3) is 0.875. The third-order valence-electron chi connectivity index (χ3n) is 14.1. The maximum Gasteiger partial charge on any atom is 0.172 e. The SMILES string of the molecule is C=C1C[C@@H]2CC[C@@]34C[C@H]5O[C@H]6[C@@H](O3)[C@H]3OC(CC[C@@H]3O[C@H]6[C@H]5O4)CC(=O)C[C@H]3C(C[C@H]4O[C@@H](CCC1O2)C[C@@H](C)C4=C)O[C@H](C[C@H](O)CO)[C@@H]3C. The van der Waals surface area contributed by atoms with Gasteiger partial charge in [0.05, 0.1) is 67.6 Å². The van der Waals surface area contributed by atoms with Crippen molar-refractivity contribution in [2.75, 3.05) is 6.61 Å². The molecule has 10 fully saturated rings. The molecule has 0 radical (unpaired) electrons. The summed E-state index contributed by atoms with van der Waals surface area (Å²) in [5.41, 5.74) is 2.22. The van der Waals surface area contributed by atoms with Gasteiger partial charge >= 0.3 is 0 Å². The number of carbonyl (C=O) groups excluding carboxylic acids is 1. The highest BCUT2D eigenvalue weighted by Crippen LogP contribution is 2.54. The average Bonchev–Trinajstić information content (AvgIpc) is 3.77. The van der Waals surface area contributed by atoms with E-state index in [1.165, 1.54) is 0 Å². The number of ketones is 1. The first-order chi connectivity index (χ1) is 24.6. The van der Waals surface area contributed by atoms with Gasteiger partial charge in [-0.2, -0.15) is 0 Å². The van der Waals surface area contributed by atoms with E-state index in [1.807, 2.05) is 0 Å². The van der Waals surface area contributed by atoms with Crippen LogP contribution in [0.1, 0.15) is 97.3 Å². The van der Waals surface area contributed by atoms with Gasteiger partial charge in [-0.1, -0.05) is 27.0 Å². The van der Waals surface area contributed by atoms with E-state index in [1.54, 1.807) is 0 Å². The van der Waals surface area contributed by atoms with E-state index in [4.69, 9.17) is 37.9 Å². The second-order valence-corrected chi connectivity index (χ2v) is 17.5. The van der Waals surface area contributed by atoms with Gasteiger partial charge < -0.3 is 48.1 Å². The summed E-state index contributed by atoms with van der Waals surface area (Å²) in [6.45, 7) is 12.9. The van der Waals surface area contributed by atoms with E-state index >= 15 is 0 Å². The Kier molecular flexibility index (Phi) is 9.59. The summed E-state index contributed by atoms with van der Waals surface area (Å²) in [6.07, 6.45) is 5.65. The van der Waals surface area contributed by atoms with Crippen LogP contribution in [0.3, 0.4) is 0 Å². The minimum Gasteiger partial charge on any atom is -0.394 e. The Labute approximate surface area is 301 Å². The highest BCUT2D eigenvalue weighted by Gasteiger charge is 2.68. The largest absolute Gasteiger partial charge is 0.394 e. The lowest BCUT2D eigenvalue weighted by atomic mass is 9.79. The van der Waals surface area contributed by atoms with Gasteiger partial charge in [0.2, 0.25) is 0 Å². The third-order valence-corrected chi connectivity index (χ3v) is 14.1. The standard InChI is InChI=1S/C40H58O11/c1-19-11-25-5-7-29-20(2)12-27(44-29)9-10-40-17-34-36(50-40)37-38(49-34)39(51-40)35-30(48-37)8-6-26(46-35)13-23(42)14-28-22(4)31(15-24(43)18-41)47-33(28)16-32(45-25)21(19)3/h19,22,24-39,41,43H,2-3,5-18H2,1,4H3/t19-,22-,24+,25+,26?,27+,28-,29?,30+,31-,32-,33?,34-,35+,36+,37+,38-,39+,40+/m1/s1. The average molecular weight is 715 g/mol. The van der Waals surface area contributed by atoms with Crippen LogP contribution >= 0.6 is 0 Å². The number of rotatable bonds is 3. The summed E-state index contributed by atoms with van der Waals surface area (Å²) in [5, 5.41) is 20.0. The summed E-state index contributed by atoms with van der Waals surface area (Å²) in [6, 6.07) is 0. The van der Waals surface area contributed by atoms with Crippen LogP contribution in [0.5, 0.6) is 0 Å². The quantitative estimate of drug-likeness (QED) is 0.410. The van der Waals surface area contributed by atoms with Gasteiger partial charge in [-0.15, -0.1) is 0 Å². The van der Waals surface area contributed by atoms with E-state index < -0.39 is 11.9 Å². The van der Waals surface area contributed by atoms with Crippen LogP contribution in [-0.4, -0.2) is 120 Å². The van der Waals surface area contributed by atoms with Crippen molar-refractivity contribution >= 4 is 5.78 Å². The summed E-state index contributed by atoms with van der Waals surface area (Å²) >= 11 is 0. The summed E-state index contributed by atoms with van der Waals surface area (Å²) in [4.78, 5) is 14.0. The Balaban J connectivity index is 0.986. The molecule has 11 nitrogen and oxygen atoms in total. The van der Waals surface area contributed by atoms with E-state index in [2.05, 4.69) is 27.0 Å². The first kappa shape index (κ1) is 35.5.